The molecule has 0 saturated carbocycles. The summed E-state index contributed by atoms with van der Waals surface area (Å²) in [4.78, 5) is 12.8. The van der Waals surface area contributed by atoms with E-state index in [1.165, 1.54) is 0 Å². The summed E-state index contributed by atoms with van der Waals surface area (Å²) in [6.45, 7) is 1.86. The topological polar surface area (TPSA) is 85.4 Å². The van der Waals surface area contributed by atoms with Gasteiger partial charge in [0.05, 0.1) is 5.69 Å². The zero-order valence-corrected chi connectivity index (χ0v) is 13.9. The van der Waals surface area contributed by atoms with Gasteiger partial charge in [-0.05, 0) is 25.1 Å². The van der Waals surface area contributed by atoms with Crippen molar-refractivity contribution in [1.29, 1.82) is 0 Å². The van der Waals surface area contributed by atoms with Gasteiger partial charge in [-0.1, -0.05) is 23.4 Å². The van der Waals surface area contributed by atoms with E-state index in [1.54, 1.807) is 41.6 Å². The van der Waals surface area contributed by atoms with Crippen LogP contribution in [0.2, 0.25) is 0 Å². The summed E-state index contributed by atoms with van der Waals surface area (Å²) in [5.74, 6) is 1.38. The molecule has 0 atom stereocenters. The lowest BCUT2D eigenvalue weighted by atomic mass is 10.2. The van der Waals surface area contributed by atoms with Crippen molar-refractivity contribution in [2.45, 2.75) is 6.92 Å². The zero-order valence-electron chi connectivity index (χ0n) is 13.9. The summed E-state index contributed by atoms with van der Waals surface area (Å²) in [7, 11) is 0. The number of benzene rings is 1. The molecule has 1 aromatic carbocycles. The molecule has 0 aliphatic carbocycles. The number of oxime groups is 1. The SMILES string of the molecule is Cc1cn(/C(=N\O)c2ccc(Oc3cccc4cccnc34)nc2)cn1. The first kappa shape index (κ1) is 15.8. The number of hydrogen-bond donors (Lipinski definition) is 1. The Morgan fingerprint density at radius 2 is 1.96 bits per heavy atom. The van der Waals surface area contributed by atoms with Crippen molar-refractivity contribution in [3.05, 3.63) is 78.6 Å². The molecule has 7 nitrogen and oxygen atoms in total. The molecule has 4 rings (SSSR count). The molecule has 3 heterocycles. The smallest absolute Gasteiger partial charge is 0.219 e. The van der Waals surface area contributed by atoms with Gasteiger partial charge >= 0.3 is 0 Å². The molecule has 128 valence electrons. The normalized spacial score (nSPS) is 11.7. The largest absolute Gasteiger partial charge is 0.437 e. The minimum absolute atomic E-state index is 0.330. The Kier molecular flexibility index (Phi) is 4.03. The first-order chi connectivity index (χ1) is 12.7. The maximum Gasteiger partial charge on any atom is 0.219 e. The molecular weight excluding hydrogens is 330 g/mol. The minimum atomic E-state index is 0.330. The Morgan fingerprint density at radius 3 is 2.69 bits per heavy atom. The Morgan fingerprint density at radius 1 is 1.08 bits per heavy atom. The minimum Gasteiger partial charge on any atom is -0.437 e. The summed E-state index contributed by atoms with van der Waals surface area (Å²) in [6.07, 6.45) is 6.65. The van der Waals surface area contributed by atoms with E-state index in [-0.39, 0.29) is 0 Å². The summed E-state index contributed by atoms with van der Waals surface area (Å²) in [5, 5.41) is 13.7. The van der Waals surface area contributed by atoms with Crippen LogP contribution in [0.3, 0.4) is 0 Å². The van der Waals surface area contributed by atoms with E-state index < -0.39 is 0 Å². The number of hydrogen-bond acceptors (Lipinski definition) is 6. The van der Waals surface area contributed by atoms with Crippen LogP contribution in [-0.2, 0) is 0 Å². The number of fused-ring (bicyclic) bond motifs is 1. The van der Waals surface area contributed by atoms with Crippen LogP contribution in [-0.4, -0.2) is 30.6 Å². The third-order valence-electron chi connectivity index (χ3n) is 3.86. The van der Waals surface area contributed by atoms with Gasteiger partial charge in [-0.25, -0.2) is 9.97 Å². The van der Waals surface area contributed by atoms with E-state index in [0.29, 0.717) is 23.0 Å². The number of rotatable bonds is 3. The molecule has 0 aliphatic rings. The van der Waals surface area contributed by atoms with Gasteiger partial charge in [-0.15, -0.1) is 0 Å². The van der Waals surface area contributed by atoms with Gasteiger partial charge in [0, 0.05) is 35.6 Å². The van der Waals surface area contributed by atoms with Gasteiger partial charge in [0.25, 0.3) is 0 Å². The lowest BCUT2D eigenvalue weighted by Gasteiger charge is -2.09. The second-order valence-electron chi connectivity index (χ2n) is 5.66. The lowest BCUT2D eigenvalue weighted by molar-refractivity contribution is 0.317. The van der Waals surface area contributed by atoms with Gasteiger partial charge < -0.3 is 9.94 Å². The maximum atomic E-state index is 9.34. The third-order valence-corrected chi connectivity index (χ3v) is 3.86. The van der Waals surface area contributed by atoms with Gasteiger partial charge in [0.2, 0.25) is 5.88 Å². The van der Waals surface area contributed by atoms with Crippen LogP contribution in [0.25, 0.3) is 10.9 Å². The van der Waals surface area contributed by atoms with Crippen LogP contribution in [0.1, 0.15) is 11.3 Å². The molecule has 7 heteroatoms. The number of nitrogens with zero attached hydrogens (tertiary/aromatic N) is 5. The standard InChI is InChI=1S/C19H15N5O2/c1-13-11-24(12-22-13)19(23-25)15-7-8-17(21-10-15)26-16-6-2-4-14-5-3-9-20-18(14)16/h2-12,25H,1H3/b23-19-. The molecule has 3 aromatic heterocycles. The summed E-state index contributed by atoms with van der Waals surface area (Å²) < 4.78 is 7.50. The van der Waals surface area contributed by atoms with E-state index in [0.717, 1.165) is 16.6 Å². The third kappa shape index (κ3) is 2.98. The van der Waals surface area contributed by atoms with Crippen LogP contribution in [0, 0.1) is 6.92 Å². The molecule has 0 spiro atoms. The van der Waals surface area contributed by atoms with Crippen LogP contribution < -0.4 is 4.74 Å². The number of para-hydroxylation sites is 1. The van der Waals surface area contributed by atoms with Crippen LogP contribution in [0.15, 0.2) is 72.5 Å². The number of ether oxygens (including phenoxy) is 1. The average Bonchev–Trinajstić information content (AvgIpc) is 3.10. The Hall–Kier alpha value is -3.74. The molecule has 0 amide bonds. The number of imidazole rings is 1. The van der Waals surface area contributed by atoms with Gasteiger partial charge in [-0.2, -0.15) is 0 Å². The number of aryl methyl sites for hydroxylation is 1. The van der Waals surface area contributed by atoms with Gasteiger partial charge in [0.15, 0.2) is 11.6 Å². The number of aromatic nitrogens is 4. The fraction of sp³-hybridized carbons (Fsp3) is 0.0526. The molecule has 0 saturated heterocycles. The quantitative estimate of drug-likeness (QED) is 0.265. The molecule has 1 N–H and O–H groups in total. The molecule has 0 bridgehead atoms. The predicted molar refractivity (Wildman–Crippen MR) is 96.7 cm³/mol. The van der Waals surface area contributed by atoms with Crippen molar-refractivity contribution in [1.82, 2.24) is 19.5 Å². The first-order valence-corrected chi connectivity index (χ1v) is 7.95. The molecule has 4 aromatic rings. The van der Waals surface area contributed by atoms with E-state index in [4.69, 9.17) is 4.74 Å². The second-order valence-corrected chi connectivity index (χ2v) is 5.66. The summed E-state index contributed by atoms with van der Waals surface area (Å²) in [6, 6.07) is 13.1. The number of pyridine rings is 2. The highest BCUT2D eigenvalue weighted by Gasteiger charge is 2.10. The van der Waals surface area contributed by atoms with Crippen LogP contribution in [0.4, 0.5) is 0 Å². The summed E-state index contributed by atoms with van der Waals surface area (Å²) >= 11 is 0. The van der Waals surface area contributed by atoms with Gasteiger partial charge in [0.1, 0.15) is 11.8 Å². The van der Waals surface area contributed by atoms with Crippen LogP contribution >= 0.6 is 0 Å². The lowest BCUT2D eigenvalue weighted by Crippen LogP contribution is -2.12. The average molecular weight is 345 g/mol. The Labute approximate surface area is 149 Å². The van der Waals surface area contributed by atoms with E-state index in [9.17, 15) is 5.21 Å². The van der Waals surface area contributed by atoms with Crippen molar-refractivity contribution >= 4 is 16.7 Å². The predicted octanol–water partition coefficient (Wildman–Crippen LogP) is 3.61. The molecule has 0 aliphatic heterocycles. The fourth-order valence-electron chi connectivity index (χ4n) is 2.64. The zero-order chi connectivity index (χ0) is 17.9. The monoisotopic (exact) mass is 345 g/mol. The molecule has 0 unspecified atom stereocenters. The van der Waals surface area contributed by atoms with E-state index in [1.807, 2.05) is 37.3 Å². The fourth-order valence-corrected chi connectivity index (χ4v) is 2.64. The van der Waals surface area contributed by atoms with Crippen molar-refractivity contribution in [3.8, 4) is 11.6 Å². The second kappa shape index (κ2) is 6.64. The van der Waals surface area contributed by atoms with E-state index in [2.05, 4.69) is 20.1 Å². The van der Waals surface area contributed by atoms with Crippen molar-refractivity contribution in [2.24, 2.45) is 5.16 Å². The van der Waals surface area contributed by atoms with Crippen molar-refractivity contribution in [3.63, 3.8) is 0 Å². The highest BCUT2D eigenvalue weighted by Crippen LogP contribution is 2.27. The molecular formula is C19H15N5O2. The molecule has 26 heavy (non-hydrogen) atoms. The van der Waals surface area contributed by atoms with Crippen molar-refractivity contribution in [2.75, 3.05) is 0 Å². The Balaban J connectivity index is 1.62. The highest BCUT2D eigenvalue weighted by molar-refractivity contribution is 5.99. The molecule has 0 fully saturated rings. The highest BCUT2D eigenvalue weighted by atomic mass is 16.5. The first-order valence-electron chi connectivity index (χ1n) is 7.95. The maximum absolute atomic E-state index is 9.34. The van der Waals surface area contributed by atoms with E-state index >= 15 is 0 Å². The molecule has 0 radical (unpaired) electrons. The van der Waals surface area contributed by atoms with Gasteiger partial charge in [-0.3, -0.25) is 9.55 Å². The Bertz CT molecular complexity index is 1080. The van der Waals surface area contributed by atoms with Crippen molar-refractivity contribution < 1.29 is 9.94 Å². The summed E-state index contributed by atoms with van der Waals surface area (Å²) in [5.41, 5.74) is 2.23. The van der Waals surface area contributed by atoms with Crippen LogP contribution in [0.5, 0.6) is 11.6 Å².